The van der Waals surface area contributed by atoms with Crippen molar-refractivity contribution < 1.29 is 32.2 Å². The van der Waals surface area contributed by atoms with Crippen LogP contribution in [0.5, 0.6) is 0 Å². The fraction of sp³-hybridized carbons (Fsp3) is 0.571. The number of methoxy groups -OCH3 is 1. The highest BCUT2D eigenvalue weighted by Gasteiger charge is 2.41. The van der Waals surface area contributed by atoms with Crippen molar-refractivity contribution in [3.8, 4) is 0 Å². The summed E-state index contributed by atoms with van der Waals surface area (Å²) >= 11 is 0.853. The molecule has 2 saturated heterocycles. The van der Waals surface area contributed by atoms with Crippen molar-refractivity contribution in [2.45, 2.75) is 44.2 Å². The molecular weight excluding hydrogens is 461 g/mol. The van der Waals surface area contributed by atoms with Gasteiger partial charge in [-0.1, -0.05) is 0 Å². The van der Waals surface area contributed by atoms with E-state index in [9.17, 15) is 22.8 Å². The van der Waals surface area contributed by atoms with Gasteiger partial charge in [-0.3, -0.25) is 4.79 Å². The van der Waals surface area contributed by atoms with Gasteiger partial charge < -0.3 is 24.6 Å². The second kappa shape index (κ2) is 8.98. The summed E-state index contributed by atoms with van der Waals surface area (Å²) in [4.78, 5) is 32.3. The summed E-state index contributed by atoms with van der Waals surface area (Å²) in [6.45, 7) is 3.12. The van der Waals surface area contributed by atoms with Crippen LogP contribution in [-0.4, -0.2) is 73.9 Å². The van der Waals surface area contributed by atoms with E-state index in [-0.39, 0.29) is 39.8 Å². The average Bonchev–Trinajstić information content (AvgIpc) is 3.21. The van der Waals surface area contributed by atoms with Crippen LogP contribution in [0.4, 0.5) is 23.8 Å². The molecule has 0 aromatic carbocycles. The van der Waals surface area contributed by atoms with Crippen LogP contribution in [0.25, 0.3) is 10.2 Å². The first-order chi connectivity index (χ1) is 15.6. The van der Waals surface area contributed by atoms with E-state index in [1.165, 1.54) is 12.4 Å². The Morgan fingerprint density at radius 2 is 1.97 bits per heavy atom. The number of carbonyl (C=O) groups excluding carboxylic acids is 2. The molecule has 0 radical (unpaired) electrons. The average molecular weight is 487 g/mol. The lowest BCUT2D eigenvalue weighted by atomic mass is 10.0. The largest absolute Gasteiger partial charge is 0.446 e. The molecule has 0 spiro atoms. The summed E-state index contributed by atoms with van der Waals surface area (Å²) in [6, 6.07) is 0.977. The number of ether oxygens (including phenoxy) is 2. The zero-order chi connectivity index (χ0) is 23.9. The number of hydrogen-bond donors (Lipinski definition) is 1. The predicted molar refractivity (Wildman–Crippen MR) is 117 cm³/mol. The molecule has 0 aliphatic carbocycles. The highest BCUT2D eigenvalue weighted by molar-refractivity contribution is 7.17. The number of nitrogens with zero attached hydrogens (tertiary/aromatic N) is 3. The molecule has 2 atom stereocenters. The van der Waals surface area contributed by atoms with E-state index in [1.54, 1.807) is 16.9 Å². The Morgan fingerprint density at radius 3 is 2.55 bits per heavy atom. The number of fused-ring (bicyclic) bond motifs is 1. The number of thiophene rings is 1. The molecule has 2 amide bonds. The number of nitrogens with one attached hydrogen (secondary N) is 1. The quantitative estimate of drug-likeness (QED) is 0.712. The number of amides is 2. The molecule has 2 aromatic rings. The van der Waals surface area contributed by atoms with Gasteiger partial charge in [0.2, 0.25) is 0 Å². The van der Waals surface area contributed by atoms with E-state index in [4.69, 9.17) is 9.47 Å². The maximum Gasteiger partial charge on any atom is 0.417 e. The van der Waals surface area contributed by atoms with E-state index >= 15 is 0 Å². The summed E-state index contributed by atoms with van der Waals surface area (Å²) < 4.78 is 52.0. The fourth-order valence-electron chi connectivity index (χ4n) is 4.16. The molecule has 0 unspecified atom stereocenters. The molecule has 4 rings (SSSR count). The Hall–Kier alpha value is -2.60. The molecule has 2 aliphatic rings. The fourth-order valence-corrected chi connectivity index (χ4v) is 5.19. The van der Waals surface area contributed by atoms with Gasteiger partial charge in [0.15, 0.2) is 0 Å². The van der Waals surface area contributed by atoms with Gasteiger partial charge in [0.1, 0.15) is 11.9 Å². The molecule has 12 heteroatoms. The van der Waals surface area contributed by atoms with Gasteiger partial charge in [0.25, 0.3) is 5.91 Å². The topological polar surface area (TPSA) is 84.0 Å². The number of piperidine rings is 1. The minimum atomic E-state index is -4.58. The number of anilines is 1. The lowest BCUT2D eigenvalue weighted by Gasteiger charge is -2.45. The third-order valence-electron chi connectivity index (χ3n) is 6.26. The number of carbonyl (C=O) groups is 2. The van der Waals surface area contributed by atoms with Gasteiger partial charge in [0.05, 0.1) is 40.0 Å². The van der Waals surface area contributed by atoms with Gasteiger partial charge in [-0.05, 0) is 13.0 Å². The second-order valence-corrected chi connectivity index (χ2v) is 9.05. The van der Waals surface area contributed by atoms with Gasteiger partial charge in [-0.2, -0.15) is 13.2 Å². The number of likely N-dealkylation sites (tertiary alicyclic amines) is 1. The first kappa shape index (κ1) is 23.6. The number of halogens is 3. The van der Waals surface area contributed by atoms with Gasteiger partial charge in [0, 0.05) is 45.5 Å². The van der Waals surface area contributed by atoms with Gasteiger partial charge >= 0.3 is 12.3 Å². The van der Waals surface area contributed by atoms with Crippen LogP contribution in [0, 0.1) is 0 Å². The first-order valence-corrected chi connectivity index (χ1v) is 11.5. The van der Waals surface area contributed by atoms with E-state index in [0.717, 1.165) is 17.4 Å². The van der Waals surface area contributed by atoms with E-state index in [0.29, 0.717) is 32.5 Å². The standard InChI is InChI=1S/C21H25F3N4O4S/c1-11-15(31-3)9-28(11)20(30)32-12-4-6-27(7-5-12)16-8-14(21(22,23)24)18-17(26-16)13(10-33-18)19(29)25-2/h8,10-12,15H,4-7,9H2,1-3H3,(H,25,29)/t11-,15-/m0/s1. The third kappa shape index (κ3) is 4.45. The maximum absolute atomic E-state index is 13.8. The van der Waals surface area contributed by atoms with Crippen LogP contribution in [0.3, 0.4) is 0 Å². The SMILES string of the molecule is CNC(=O)c1csc2c(C(F)(F)F)cc(N3CCC(OC(=O)N4C[C@H](OC)[C@@H]4C)CC3)nc12. The zero-order valence-electron chi connectivity index (χ0n) is 18.4. The molecule has 8 nitrogen and oxygen atoms in total. The Morgan fingerprint density at radius 1 is 1.27 bits per heavy atom. The summed E-state index contributed by atoms with van der Waals surface area (Å²) in [6.07, 6.45) is -4.37. The van der Waals surface area contributed by atoms with Crippen molar-refractivity contribution in [2.24, 2.45) is 0 Å². The molecular formula is C21H25F3N4O4S. The molecule has 2 fully saturated rings. The molecule has 4 heterocycles. The minimum Gasteiger partial charge on any atom is -0.446 e. The summed E-state index contributed by atoms with van der Waals surface area (Å²) in [5.74, 6) is -0.331. The molecule has 1 N–H and O–H groups in total. The third-order valence-corrected chi connectivity index (χ3v) is 7.27. The van der Waals surface area contributed by atoms with Crippen molar-refractivity contribution in [1.82, 2.24) is 15.2 Å². The highest BCUT2D eigenvalue weighted by atomic mass is 32.1. The van der Waals surface area contributed by atoms with Gasteiger partial charge in [-0.25, -0.2) is 9.78 Å². The molecule has 180 valence electrons. The monoisotopic (exact) mass is 486 g/mol. The predicted octanol–water partition coefficient (Wildman–Crippen LogP) is 3.50. The van der Waals surface area contributed by atoms with E-state index in [1.807, 2.05) is 6.92 Å². The van der Waals surface area contributed by atoms with Gasteiger partial charge in [-0.15, -0.1) is 11.3 Å². The van der Waals surface area contributed by atoms with Crippen LogP contribution in [0.1, 0.15) is 35.7 Å². The smallest absolute Gasteiger partial charge is 0.417 e. The molecule has 2 aromatic heterocycles. The number of rotatable bonds is 4. The van der Waals surface area contributed by atoms with Crippen molar-refractivity contribution in [3.63, 3.8) is 0 Å². The molecule has 0 saturated carbocycles. The van der Waals surface area contributed by atoms with Crippen molar-refractivity contribution in [2.75, 3.05) is 38.7 Å². The van der Waals surface area contributed by atoms with Crippen LogP contribution >= 0.6 is 11.3 Å². The van der Waals surface area contributed by atoms with Crippen molar-refractivity contribution in [3.05, 3.63) is 22.6 Å². The molecule has 0 bridgehead atoms. The summed E-state index contributed by atoms with van der Waals surface area (Å²) in [7, 11) is 3.02. The number of pyridine rings is 1. The zero-order valence-corrected chi connectivity index (χ0v) is 19.3. The molecule has 2 aliphatic heterocycles. The lowest BCUT2D eigenvalue weighted by molar-refractivity contribution is -0.136. The Balaban J connectivity index is 1.49. The van der Waals surface area contributed by atoms with Crippen molar-refractivity contribution >= 4 is 39.4 Å². The normalized spacial score (nSPS) is 21.8. The first-order valence-electron chi connectivity index (χ1n) is 10.6. The van der Waals surface area contributed by atoms with Crippen molar-refractivity contribution in [1.29, 1.82) is 0 Å². The molecule has 33 heavy (non-hydrogen) atoms. The highest BCUT2D eigenvalue weighted by Crippen LogP contribution is 2.40. The van der Waals surface area contributed by atoms with Crippen LogP contribution in [0.2, 0.25) is 0 Å². The van der Waals surface area contributed by atoms with Crippen LogP contribution in [0.15, 0.2) is 11.4 Å². The Bertz CT molecular complexity index is 1050. The number of alkyl halides is 3. The number of hydrogen-bond acceptors (Lipinski definition) is 7. The lowest BCUT2D eigenvalue weighted by Crippen LogP contribution is -2.62. The van der Waals surface area contributed by atoms with Crippen LogP contribution in [-0.2, 0) is 15.7 Å². The number of aromatic nitrogens is 1. The van der Waals surface area contributed by atoms with Crippen LogP contribution < -0.4 is 10.2 Å². The minimum absolute atomic E-state index is 0.00000280. The van der Waals surface area contributed by atoms with E-state index in [2.05, 4.69) is 10.3 Å². The maximum atomic E-state index is 13.8. The summed E-state index contributed by atoms with van der Waals surface area (Å²) in [5.41, 5.74) is -0.653. The summed E-state index contributed by atoms with van der Waals surface area (Å²) in [5, 5.41) is 3.84. The Kier molecular flexibility index (Phi) is 6.41. The van der Waals surface area contributed by atoms with E-state index < -0.39 is 23.7 Å². The Labute approximate surface area is 192 Å². The second-order valence-electron chi connectivity index (χ2n) is 8.17.